The molecule has 0 spiro atoms. The molecule has 1 saturated carbocycles. The van der Waals surface area contributed by atoms with Crippen LogP contribution in [0, 0.1) is 24.4 Å². The number of halogens is 3. The van der Waals surface area contributed by atoms with Crippen LogP contribution in [0.5, 0.6) is 0 Å². The van der Waals surface area contributed by atoms with Crippen LogP contribution in [0.4, 0.5) is 24.8 Å². The minimum atomic E-state index is -1.00. The van der Waals surface area contributed by atoms with Gasteiger partial charge in [-0.3, -0.25) is 4.79 Å². The molecule has 5 rings (SSSR count). The molecule has 160 valence electrons. The number of fused-ring (bicyclic) bond motifs is 1. The predicted molar refractivity (Wildman–Crippen MR) is 115 cm³/mol. The van der Waals surface area contributed by atoms with Crippen LogP contribution < -0.4 is 10.9 Å². The molecule has 0 amide bonds. The molecule has 0 radical (unpaired) electrons. The molecule has 1 fully saturated rings. The Bertz CT molecular complexity index is 1250. The quantitative estimate of drug-likeness (QED) is 0.575. The van der Waals surface area contributed by atoms with Crippen molar-refractivity contribution in [2.45, 2.75) is 43.7 Å². The number of rotatable bonds is 5. The fourth-order valence-corrected chi connectivity index (χ4v) is 5.02. The molecular weight excluding hydrogens is 423 g/mol. The maximum atomic E-state index is 14.2. The fourth-order valence-electron chi connectivity index (χ4n) is 3.94. The van der Waals surface area contributed by atoms with E-state index in [1.54, 1.807) is 6.07 Å². The Labute approximate surface area is 181 Å². The largest absolute Gasteiger partial charge is 0.325 e. The van der Waals surface area contributed by atoms with Gasteiger partial charge in [-0.1, -0.05) is 12.1 Å². The number of anilines is 2. The lowest BCUT2D eigenvalue weighted by molar-refractivity contribution is 0.496. The van der Waals surface area contributed by atoms with Crippen LogP contribution >= 0.6 is 11.8 Å². The number of aromatic nitrogens is 2. The Kier molecular flexibility index (Phi) is 5.04. The highest BCUT2D eigenvalue weighted by atomic mass is 32.2. The molecule has 0 unspecified atom stereocenters. The predicted octanol–water partition coefficient (Wildman–Crippen LogP) is 5.39. The molecule has 0 bridgehead atoms. The third-order valence-corrected chi connectivity index (χ3v) is 6.78. The lowest BCUT2D eigenvalue weighted by atomic mass is 10.0. The van der Waals surface area contributed by atoms with Crippen LogP contribution in [0.3, 0.4) is 0 Å². The first kappa shape index (κ1) is 20.2. The van der Waals surface area contributed by atoms with Gasteiger partial charge in [-0.25, -0.2) is 8.78 Å². The number of nitrogens with zero attached hydrogens (tertiary/aromatic N) is 2. The Morgan fingerprint density at radius 1 is 1.10 bits per heavy atom. The van der Waals surface area contributed by atoms with Gasteiger partial charge >= 0.3 is 5.56 Å². The van der Waals surface area contributed by atoms with Crippen molar-refractivity contribution >= 4 is 23.4 Å². The number of benzene rings is 2. The van der Waals surface area contributed by atoms with E-state index in [4.69, 9.17) is 0 Å². The van der Waals surface area contributed by atoms with Gasteiger partial charge in [0.1, 0.15) is 0 Å². The lowest BCUT2D eigenvalue weighted by Crippen LogP contribution is -2.20. The van der Waals surface area contributed by atoms with E-state index in [-0.39, 0.29) is 18.4 Å². The summed E-state index contributed by atoms with van der Waals surface area (Å²) in [6, 6.07) is 6.85. The summed E-state index contributed by atoms with van der Waals surface area (Å²) in [5, 5.41) is 3.14. The van der Waals surface area contributed by atoms with E-state index < -0.39 is 23.0 Å². The summed E-state index contributed by atoms with van der Waals surface area (Å²) in [5.41, 5.74) is 4.11. The molecule has 1 aliphatic heterocycles. The second-order valence-electron chi connectivity index (χ2n) is 8.15. The molecule has 0 saturated heterocycles. The third-order valence-electron chi connectivity index (χ3n) is 5.75. The van der Waals surface area contributed by atoms with Crippen molar-refractivity contribution in [1.29, 1.82) is 0 Å². The Morgan fingerprint density at radius 3 is 2.58 bits per heavy atom. The average Bonchev–Trinajstić information content (AvgIpc) is 3.47. The third kappa shape index (κ3) is 3.96. The van der Waals surface area contributed by atoms with Crippen LogP contribution in [-0.4, -0.2) is 9.55 Å². The van der Waals surface area contributed by atoms with Crippen molar-refractivity contribution < 1.29 is 13.2 Å². The smallest absolute Gasteiger partial charge is 0.310 e. The van der Waals surface area contributed by atoms with Gasteiger partial charge in [-0.15, -0.1) is 0 Å². The monoisotopic (exact) mass is 443 g/mol. The van der Waals surface area contributed by atoms with Crippen molar-refractivity contribution in [3.05, 3.63) is 86.1 Å². The summed E-state index contributed by atoms with van der Waals surface area (Å²) in [7, 11) is 0. The molecule has 1 N–H and O–H groups in total. The summed E-state index contributed by atoms with van der Waals surface area (Å²) in [5.74, 6) is -0.684. The number of hydrogen-bond acceptors (Lipinski definition) is 4. The Hall–Kier alpha value is -2.74. The van der Waals surface area contributed by atoms with Gasteiger partial charge in [-0.2, -0.15) is 21.1 Å². The summed E-state index contributed by atoms with van der Waals surface area (Å²) in [6.45, 7) is 2.00. The van der Waals surface area contributed by atoms with Gasteiger partial charge in [-0.05, 0) is 65.6 Å². The molecule has 4 nitrogen and oxygen atoms in total. The molecule has 3 aromatic rings. The van der Waals surface area contributed by atoms with Crippen LogP contribution in [0.2, 0.25) is 0 Å². The van der Waals surface area contributed by atoms with E-state index in [1.807, 2.05) is 24.8 Å². The van der Waals surface area contributed by atoms with Crippen molar-refractivity contribution in [1.82, 2.24) is 9.55 Å². The zero-order valence-electron chi connectivity index (χ0n) is 16.8. The van der Waals surface area contributed by atoms with Gasteiger partial charge in [0.2, 0.25) is 11.8 Å². The van der Waals surface area contributed by atoms with Crippen LogP contribution in [0.15, 0.2) is 35.3 Å². The Balaban J connectivity index is 1.52. The highest BCUT2D eigenvalue weighted by Crippen LogP contribution is 2.42. The normalized spacial score (nSPS) is 15.2. The highest BCUT2D eigenvalue weighted by Gasteiger charge is 2.28. The summed E-state index contributed by atoms with van der Waals surface area (Å²) in [4.78, 5) is 15.8. The van der Waals surface area contributed by atoms with Crippen LogP contribution in [-0.2, 0) is 18.1 Å². The number of thioether (sulfide) groups is 1. The zero-order valence-corrected chi connectivity index (χ0v) is 17.7. The highest BCUT2D eigenvalue weighted by molar-refractivity contribution is 7.98. The van der Waals surface area contributed by atoms with E-state index in [2.05, 4.69) is 16.4 Å². The van der Waals surface area contributed by atoms with Gasteiger partial charge in [0, 0.05) is 23.4 Å². The lowest BCUT2D eigenvalue weighted by Gasteiger charge is -2.17. The van der Waals surface area contributed by atoms with Gasteiger partial charge < -0.3 is 9.88 Å². The van der Waals surface area contributed by atoms with E-state index >= 15 is 0 Å². The van der Waals surface area contributed by atoms with Crippen molar-refractivity contribution in [3.8, 4) is 0 Å². The summed E-state index contributed by atoms with van der Waals surface area (Å²) < 4.78 is 43.8. The van der Waals surface area contributed by atoms with Gasteiger partial charge in [0.05, 0.1) is 6.54 Å². The molecule has 2 aromatic carbocycles. The average molecular weight is 443 g/mol. The first-order chi connectivity index (χ1) is 14.9. The minimum Gasteiger partial charge on any atom is -0.325 e. The fraction of sp³-hybridized carbons (Fsp3) is 0.304. The topological polar surface area (TPSA) is 46.9 Å². The molecule has 2 heterocycles. The second kappa shape index (κ2) is 7.75. The van der Waals surface area contributed by atoms with Gasteiger partial charge in [0.25, 0.3) is 0 Å². The number of nitrogens with one attached hydrogen (secondary N) is 1. The molecule has 0 atom stereocenters. The number of aryl methyl sites for hydroxylation is 1. The van der Waals surface area contributed by atoms with Crippen molar-refractivity contribution in [2.24, 2.45) is 0 Å². The maximum absolute atomic E-state index is 14.2. The van der Waals surface area contributed by atoms with Crippen LogP contribution in [0.25, 0.3) is 0 Å². The molecule has 2 aliphatic rings. The molecule has 1 aromatic heterocycles. The first-order valence-corrected chi connectivity index (χ1v) is 11.3. The summed E-state index contributed by atoms with van der Waals surface area (Å²) >= 11 is 1.83. The van der Waals surface area contributed by atoms with Crippen molar-refractivity contribution in [2.75, 3.05) is 5.32 Å². The standard InChI is InChI=1S/C23H20F3N3OS/c1-12-4-15-10-31-11-16(15)7-20(12)27-23-28-22(30)19(25)9-29(23)8-13-5-17(14-2-3-14)21(26)18(24)6-13/h4-7,9,14H,2-3,8,10-11H2,1H3,(H,27,28,30). The van der Waals surface area contributed by atoms with Crippen molar-refractivity contribution in [3.63, 3.8) is 0 Å². The SMILES string of the molecule is Cc1cc2c(cc1Nc1nc(=O)c(F)cn1Cc1cc(F)c(F)c(C3CC3)c1)CSC2. The maximum Gasteiger partial charge on any atom is 0.310 e. The Morgan fingerprint density at radius 2 is 1.84 bits per heavy atom. The number of hydrogen-bond donors (Lipinski definition) is 1. The van der Waals surface area contributed by atoms with E-state index in [0.717, 1.165) is 47.9 Å². The van der Waals surface area contributed by atoms with Crippen LogP contribution in [0.1, 0.15) is 46.6 Å². The molecule has 1 aliphatic carbocycles. The van der Waals surface area contributed by atoms with E-state index in [1.165, 1.54) is 15.7 Å². The van der Waals surface area contributed by atoms with E-state index in [0.29, 0.717) is 11.1 Å². The zero-order chi connectivity index (χ0) is 21.7. The molecular formula is C23H20F3N3OS. The minimum absolute atomic E-state index is 0.0304. The second-order valence-corrected chi connectivity index (χ2v) is 9.14. The molecule has 8 heteroatoms. The first-order valence-electron chi connectivity index (χ1n) is 10.1. The van der Waals surface area contributed by atoms with E-state index in [9.17, 15) is 18.0 Å². The summed E-state index contributed by atoms with van der Waals surface area (Å²) in [6.07, 6.45) is 2.71. The van der Waals surface area contributed by atoms with Gasteiger partial charge in [0.15, 0.2) is 11.6 Å². The molecule has 31 heavy (non-hydrogen) atoms.